The molecular formula is C23H26N4O2. The van der Waals surface area contributed by atoms with Gasteiger partial charge >= 0.3 is 0 Å². The summed E-state index contributed by atoms with van der Waals surface area (Å²) >= 11 is 0. The van der Waals surface area contributed by atoms with E-state index >= 15 is 0 Å². The van der Waals surface area contributed by atoms with Crippen LogP contribution in [-0.4, -0.2) is 27.3 Å². The quantitative estimate of drug-likeness (QED) is 0.660. The van der Waals surface area contributed by atoms with Crippen molar-refractivity contribution in [3.8, 4) is 17.1 Å². The van der Waals surface area contributed by atoms with Crippen LogP contribution >= 0.6 is 0 Å². The van der Waals surface area contributed by atoms with Crippen molar-refractivity contribution in [2.75, 3.05) is 6.61 Å². The lowest BCUT2D eigenvalue weighted by Crippen LogP contribution is -2.28. The number of hydrogen-bond donors (Lipinski definition) is 1. The van der Waals surface area contributed by atoms with Gasteiger partial charge in [0.25, 0.3) is 5.91 Å². The van der Waals surface area contributed by atoms with Crippen LogP contribution in [0.4, 0.5) is 0 Å². The van der Waals surface area contributed by atoms with Crippen LogP contribution in [0.2, 0.25) is 0 Å². The van der Waals surface area contributed by atoms with Crippen LogP contribution in [-0.2, 0) is 11.3 Å². The first-order chi connectivity index (χ1) is 14.2. The number of carbonyl (C=O) groups is 1. The maximum absolute atomic E-state index is 12.2. The van der Waals surface area contributed by atoms with E-state index in [0.29, 0.717) is 18.3 Å². The summed E-state index contributed by atoms with van der Waals surface area (Å²) in [5, 5.41) is 7.69. The van der Waals surface area contributed by atoms with E-state index in [1.165, 1.54) is 12.8 Å². The molecule has 3 aromatic rings. The average Bonchev–Trinajstić information content (AvgIpc) is 3.42. The summed E-state index contributed by atoms with van der Waals surface area (Å²) in [4.78, 5) is 16.7. The molecule has 4 rings (SSSR count). The minimum Gasteiger partial charge on any atom is -0.484 e. The fourth-order valence-electron chi connectivity index (χ4n) is 3.69. The van der Waals surface area contributed by atoms with Crippen molar-refractivity contribution in [1.82, 2.24) is 20.1 Å². The molecule has 2 aromatic heterocycles. The van der Waals surface area contributed by atoms with Gasteiger partial charge in [-0.15, -0.1) is 0 Å². The van der Waals surface area contributed by atoms with Crippen LogP contribution in [0.3, 0.4) is 0 Å². The maximum Gasteiger partial charge on any atom is 0.258 e. The van der Waals surface area contributed by atoms with Crippen LogP contribution in [0.1, 0.15) is 43.0 Å². The fraction of sp³-hybridized carbons (Fsp3) is 0.348. The Hall–Kier alpha value is -3.15. The highest BCUT2D eigenvalue weighted by molar-refractivity contribution is 5.77. The van der Waals surface area contributed by atoms with Crippen molar-refractivity contribution in [2.45, 2.75) is 45.2 Å². The highest BCUT2D eigenvalue weighted by Gasteiger charge is 2.22. The zero-order valence-corrected chi connectivity index (χ0v) is 16.7. The molecule has 0 spiro atoms. The molecule has 29 heavy (non-hydrogen) atoms. The van der Waals surface area contributed by atoms with E-state index in [9.17, 15) is 4.79 Å². The first-order valence-corrected chi connectivity index (χ1v) is 10.1. The number of benzene rings is 1. The average molecular weight is 390 g/mol. The van der Waals surface area contributed by atoms with Crippen LogP contribution < -0.4 is 10.1 Å². The van der Waals surface area contributed by atoms with Gasteiger partial charge in [0, 0.05) is 6.20 Å². The van der Waals surface area contributed by atoms with E-state index < -0.39 is 0 Å². The molecule has 1 fully saturated rings. The van der Waals surface area contributed by atoms with Crippen molar-refractivity contribution in [3.63, 3.8) is 0 Å². The number of nitrogens with zero attached hydrogens (tertiary/aromatic N) is 3. The molecule has 0 unspecified atom stereocenters. The van der Waals surface area contributed by atoms with Crippen LogP contribution in [0.25, 0.3) is 11.4 Å². The van der Waals surface area contributed by atoms with E-state index in [-0.39, 0.29) is 12.5 Å². The fourth-order valence-corrected chi connectivity index (χ4v) is 3.69. The summed E-state index contributed by atoms with van der Waals surface area (Å²) in [5.74, 6) is 0.522. The number of aromatic nitrogens is 3. The number of nitrogens with one attached hydrogen (secondary N) is 1. The van der Waals surface area contributed by atoms with Gasteiger partial charge in [-0.25, -0.2) is 0 Å². The van der Waals surface area contributed by atoms with Gasteiger partial charge in [-0.3, -0.25) is 14.5 Å². The van der Waals surface area contributed by atoms with Gasteiger partial charge in [-0.05, 0) is 50.1 Å². The molecule has 1 aromatic carbocycles. The number of carbonyl (C=O) groups excluding carboxylic acids is 1. The molecule has 150 valence electrons. The first-order valence-electron chi connectivity index (χ1n) is 10.1. The molecule has 1 amide bonds. The second-order valence-corrected chi connectivity index (χ2v) is 7.50. The summed E-state index contributed by atoms with van der Waals surface area (Å²) in [6.07, 6.45) is 6.53. The minimum absolute atomic E-state index is 0.0144. The zero-order valence-electron chi connectivity index (χ0n) is 16.7. The van der Waals surface area contributed by atoms with Crippen molar-refractivity contribution in [1.29, 1.82) is 0 Å². The highest BCUT2D eigenvalue weighted by atomic mass is 16.5. The molecule has 1 N–H and O–H groups in total. The van der Waals surface area contributed by atoms with E-state index in [2.05, 4.69) is 15.0 Å². The van der Waals surface area contributed by atoms with E-state index in [1.54, 1.807) is 6.20 Å². The largest absolute Gasteiger partial charge is 0.484 e. The standard InChI is InChI=1S/C23H26N4O2/c1-17-9-11-20(12-10-17)29-16-23(28)25-15-18-14-22(21-8-4-5-13-24-21)27(26-18)19-6-2-3-7-19/h4-5,8-14,19H,2-3,6-7,15-16H2,1H3,(H,25,28). The Morgan fingerprint density at radius 2 is 1.97 bits per heavy atom. The number of ether oxygens (including phenoxy) is 1. The smallest absolute Gasteiger partial charge is 0.258 e. The maximum atomic E-state index is 12.2. The molecule has 0 atom stereocenters. The Balaban J connectivity index is 1.40. The van der Waals surface area contributed by atoms with Gasteiger partial charge < -0.3 is 10.1 Å². The SMILES string of the molecule is Cc1ccc(OCC(=O)NCc2cc(-c3ccccn3)n(C3CCCC3)n2)cc1. The van der Waals surface area contributed by atoms with E-state index in [4.69, 9.17) is 9.84 Å². The normalized spacial score (nSPS) is 14.1. The number of aryl methyl sites for hydroxylation is 1. The lowest BCUT2D eigenvalue weighted by molar-refractivity contribution is -0.123. The Kier molecular flexibility index (Phi) is 5.89. The Morgan fingerprint density at radius 1 is 1.17 bits per heavy atom. The third-order valence-electron chi connectivity index (χ3n) is 5.24. The predicted molar refractivity (Wildman–Crippen MR) is 111 cm³/mol. The third-order valence-corrected chi connectivity index (χ3v) is 5.24. The Labute approximate surface area is 170 Å². The molecule has 6 nitrogen and oxygen atoms in total. The lowest BCUT2D eigenvalue weighted by Gasteiger charge is -2.13. The summed E-state index contributed by atoms with van der Waals surface area (Å²) < 4.78 is 7.64. The summed E-state index contributed by atoms with van der Waals surface area (Å²) in [6.45, 7) is 2.37. The Morgan fingerprint density at radius 3 is 2.69 bits per heavy atom. The molecule has 0 bridgehead atoms. The molecule has 6 heteroatoms. The second-order valence-electron chi connectivity index (χ2n) is 7.50. The monoisotopic (exact) mass is 390 g/mol. The van der Waals surface area contributed by atoms with E-state index in [0.717, 1.165) is 35.5 Å². The van der Waals surface area contributed by atoms with Gasteiger partial charge in [0.15, 0.2) is 6.61 Å². The number of amides is 1. The Bertz CT molecular complexity index is 945. The van der Waals surface area contributed by atoms with Gasteiger partial charge in [0.05, 0.1) is 29.7 Å². The minimum atomic E-state index is -0.166. The summed E-state index contributed by atoms with van der Waals surface area (Å²) in [6, 6.07) is 16.0. The molecule has 0 aliphatic heterocycles. The zero-order chi connectivity index (χ0) is 20.1. The van der Waals surface area contributed by atoms with Crippen LogP contribution in [0.5, 0.6) is 5.75 Å². The predicted octanol–water partition coefficient (Wildman–Crippen LogP) is 4.06. The van der Waals surface area contributed by atoms with Gasteiger partial charge in [-0.1, -0.05) is 36.6 Å². The van der Waals surface area contributed by atoms with Crippen molar-refractivity contribution in [3.05, 3.63) is 66.0 Å². The molecule has 0 saturated heterocycles. The summed E-state index contributed by atoms with van der Waals surface area (Å²) in [5.41, 5.74) is 3.91. The number of pyridine rings is 1. The molecule has 1 aliphatic rings. The molecule has 0 radical (unpaired) electrons. The second kappa shape index (κ2) is 8.90. The molecule has 1 saturated carbocycles. The molecular weight excluding hydrogens is 364 g/mol. The van der Waals surface area contributed by atoms with Crippen molar-refractivity contribution in [2.24, 2.45) is 0 Å². The molecule has 2 heterocycles. The van der Waals surface area contributed by atoms with E-state index in [1.807, 2.05) is 55.5 Å². The van der Waals surface area contributed by atoms with Crippen LogP contribution in [0.15, 0.2) is 54.7 Å². The van der Waals surface area contributed by atoms with Crippen molar-refractivity contribution >= 4 is 5.91 Å². The van der Waals surface area contributed by atoms with Gasteiger partial charge in [-0.2, -0.15) is 5.10 Å². The number of rotatable bonds is 7. The lowest BCUT2D eigenvalue weighted by atomic mass is 10.2. The summed E-state index contributed by atoms with van der Waals surface area (Å²) in [7, 11) is 0. The number of hydrogen-bond acceptors (Lipinski definition) is 4. The molecule has 1 aliphatic carbocycles. The van der Waals surface area contributed by atoms with Crippen molar-refractivity contribution < 1.29 is 9.53 Å². The van der Waals surface area contributed by atoms with Crippen LogP contribution in [0, 0.1) is 6.92 Å². The topological polar surface area (TPSA) is 69.0 Å². The van der Waals surface area contributed by atoms with Gasteiger partial charge in [0.1, 0.15) is 5.75 Å². The van der Waals surface area contributed by atoms with Gasteiger partial charge in [0.2, 0.25) is 0 Å². The first kappa shape index (κ1) is 19.2. The highest BCUT2D eigenvalue weighted by Crippen LogP contribution is 2.33. The third kappa shape index (κ3) is 4.83.